The monoisotopic (exact) mass is 324 g/mol. The van der Waals surface area contributed by atoms with Crippen LogP contribution in [-0.4, -0.2) is 10.6 Å². The van der Waals surface area contributed by atoms with Crippen molar-refractivity contribution in [1.82, 2.24) is 0 Å². The van der Waals surface area contributed by atoms with Crippen LogP contribution >= 0.6 is 15.9 Å². The van der Waals surface area contributed by atoms with Gasteiger partial charge < -0.3 is 0 Å². The highest BCUT2D eigenvalue weighted by Crippen LogP contribution is 2.19. The van der Waals surface area contributed by atoms with Crippen LogP contribution in [0.25, 0.3) is 0 Å². The summed E-state index contributed by atoms with van der Waals surface area (Å²) in [5.74, 6) is 0.508. The van der Waals surface area contributed by atoms with E-state index in [1.54, 1.807) is 0 Å². The largest absolute Gasteiger partial charge is 0.293 e. The molecule has 1 unspecified atom stereocenters. The molecule has 0 aromatic heterocycles. The summed E-state index contributed by atoms with van der Waals surface area (Å²) in [6.45, 7) is 6.34. The molecule has 0 saturated heterocycles. The number of alkyl halides is 1. The highest BCUT2D eigenvalue weighted by Gasteiger charge is 2.19. The summed E-state index contributed by atoms with van der Waals surface area (Å²) in [6, 6.07) is 8.13. The van der Waals surface area contributed by atoms with Gasteiger partial charge in [0, 0.05) is 5.56 Å². The summed E-state index contributed by atoms with van der Waals surface area (Å²) in [5, 5.41) is 0. The molecule has 1 atom stereocenters. The molecule has 1 rings (SSSR count). The number of rotatable bonds is 8. The van der Waals surface area contributed by atoms with Gasteiger partial charge in [0.1, 0.15) is 0 Å². The Bertz CT molecular complexity index is 381. The average molecular weight is 325 g/mol. The van der Waals surface area contributed by atoms with E-state index >= 15 is 0 Å². The average Bonchev–Trinajstić information content (AvgIpc) is 2.42. The van der Waals surface area contributed by atoms with Crippen molar-refractivity contribution in [3.05, 3.63) is 35.4 Å². The van der Waals surface area contributed by atoms with Crippen molar-refractivity contribution >= 4 is 21.7 Å². The molecule has 0 aliphatic heterocycles. The van der Waals surface area contributed by atoms with Crippen LogP contribution in [0, 0.1) is 5.92 Å². The van der Waals surface area contributed by atoms with Gasteiger partial charge >= 0.3 is 0 Å². The van der Waals surface area contributed by atoms with Crippen LogP contribution in [0.2, 0.25) is 0 Å². The maximum atomic E-state index is 12.1. The third-order valence-electron chi connectivity index (χ3n) is 3.39. The maximum absolute atomic E-state index is 12.1. The Morgan fingerprint density at radius 3 is 2.26 bits per heavy atom. The van der Waals surface area contributed by atoms with Crippen LogP contribution in [0.1, 0.15) is 62.4 Å². The lowest BCUT2D eigenvalue weighted by molar-refractivity contribution is 0.0978. The minimum Gasteiger partial charge on any atom is -0.293 e. The number of halogens is 1. The molecule has 1 aromatic rings. The second kappa shape index (κ2) is 8.52. The molecule has 0 heterocycles. The normalized spacial score (nSPS) is 12.7. The number of hydrogen-bond acceptors (Lipinski definition) is 1. The lowest BCUT2D eigenvalue weighted by atomic mass is 9.99. The maximum Gasteiger partial charge on any atom is 0.176 e. The standard InChI is InChI=1S/C17H25BrO/c1-4-5-6-7-8-14-9-11-15(12-10-14)17(19)16(18)13(2)3/h9-13,16H,4-8H2,1-3H3. The Morgan fingerprint density at radius 2 is 1.74 bits per heavy atom. The summed E-state index contributed by atoms with van der Waals surface area (Å²) in [5.41, 5.74) is 2.15. The molecule has 0 fully saturated rings. The Labute approximate surface area is 125 Å². The summed E-state index contributed by atoms with van der Waals surface area (Å²) in [4.78, 5) is 12.1. The van der Waals surface area contributed by atoms with Crippen molar-refractivity contribution in [3.63, 3.8) is 0 Å². The van der Waals surface area contributed by atoms with Crippen LogP contribution in [0.3, 0.4) is 0 Å². The van der Waals surface area contributed by atoms with Gasteiger partial charge in [0.15, 0.2) is 5.78 Å². The summed E-state index contributed by atoms with van der Waals surface area (Å²) < 4.78 is 0. The minimum atomic E-state index is -0.0806. The van der Waals surface area contributed by atoms with E-state index in [9.17, 15) is 4.79 Å². The zero-order valence-corrected chi connectivity index (χ0v) is 13.9. The number of carbonyl (C=O) groups excluding carboxylic acids is 1. The first-order valence-electron chi connectivity index (χ1n) is 7.33. The fourth-order valence-corrected chi connectivity index (χ4v) is 2.32. The van der Waals surface area contributed by atoms with Gasteiger partial charge in [-0.2, -0.15) is 0 Å². The summed E-state index contributed by atoms with van der Waals surface area (Å²) in [6.07, 6.45) is 6.25. The predicted molar refractivity (Wildman–Crippen MR) is 86.2 cm³/mol. The molecule has 0 bridgehead atoms. The first-order valence-corrected chi connectivity index (χ1v) is 8.25. The molecule has 1 nitrogen and oxygen atoms in total. The van der Waals surface area contributed by atoms with E-state index in [1.807, 2.05) is 12.1 Å². The van der Waals surface area contributed by atoms with Crippen LogP contribution in [0.5, 0.6) is 0 Å². The SMILES string of the molecule is CCCCCCc1ccc(C(=O)C(Br)C(C)C)cc1. The molecule has 0 amide bonds. The molecular formula is C17H25BrO. The van der Waals surface area contributed by atoms with Crippen molar-refractivity contribution in [3.8, 4) is 0 Å². The molecule has 2 heteroatoms. The van der Waals surface area contributed by atoms with E-state index in [0.29, 0.717) is 5.92 Å². The smallest absolute Gasteiger partial charge is 0.176 e. The molecule has 0 aliphatic carbocycles. The van der Waals surface area contributed by atoms with Crippen LogP contribution in [-0.2, 0) is 6.42 Å². The van der Waals surface area contributed by atoms with Crippen molar-refractivity contribution < 1.29 is 4.79 Å². The number of benzene rings is 1. The first kappa shape index (κ1) is 16.4. The summed E-state index contributed by atoms with van der Waals surface area (Å²) in [7, 11) is 0. The van der Waals surface area contributed by atoms with Gasteiger partial charge in [-0.15, -0.1) is 0 Å². The van der Waals surface area contributed by atoms with E-state index < -0.39 is 0 Å². The van der Waals surface area contributed by atoms with Gasteiger partial charge in [-0.1, -0.05) is 80.2 Å². The summed E-state index contributed by atoms with van der Waals surface area (Å²) >= 11 is 3.47. The number of ketones is 1. The topological polar surface area (TPSA) is 17.1 Å². The van der Waals surface area contributed by atoms with Gasteiger partial charge in [-0.3, -0.25) is 4.79 Å². The lowest BCUT2D eigenvalue weighted by Gasteiger charge is -2.12. The van der Waals surface area contributed by atoms with E-state index in [1.165, 1.54) is 31.2 Å². The van der Waals surface area contributed by atoms with Crippen LogP contribution < -0.4 is 0 Å². The number of carbonyl (C=O) groups is 1. The number of hydrogen-bond donors (Lipinski definition) is 0. The third-order valence-corrected chi connectivity index (χ3v) is 4.87. The molecule has 106 valence electrons. The first-order chi connectivity index (χ1) is 9.06. The Morgan fingerprint density at radius 1 is 1.11 bits per heavy atom. The zero-order chi connectivity index (χ0) is 14.3. The molecule has 0 saturated carbocycles. The third kappa shape index (κ3) is 5.48. The van der Waals surface area contributed by atoms with Crippen molar-refractivity contribution in [2.75, 3.05) is 0 Å². The highest BCUT2D eigenvalue weighted by atomic mass is 79.9. The molecule has 1 aromatic carbocycles. The van der Waals surface area contributed by atoms with Crippen LogP contribution in [0.15, 0.2) is 24.3 Å². The van der Waals surface area contributed by atoms with E-state index in [2.05, 4.69) is 48.8 Å². The Balaban J connectivity index is 2.54. The van der Waals surface area contributed by atoms with Crippen molar-refractivity contribution in [1.29, 1.82) is 0 Å². The van der Waals surface area contributed by atoms with E-state index in [0.717, 1.165) is 12.0 Å². The Kier molecular flexibility index (Phi) is 7.37. The second-order valence-electron chi connectivity index (χ2n) is 5.52. The molecule has 0 spiro atoms. The fourth-order valence-electron chi connectivity index (χ4n) is 2.05. The van der Waals surface area contributed by atoms with Gasteiger partial charge in [0.05, 0.1) is 4.83 Å². The van der Waals surface area contributed by atoms with Gasteiger partial charge in [0.25, 0.3) is 0 Å². The predicted octanol–water partition coefficient (Wildman–Crippen LogP) is 5.41. The van der Waals surface area contributed by atoms with E-state index in [-0.39, 0.29) is 10.6 Å². The number of Topliss-reactive ketones (excluding diaryl/α,β-unsaturated/α-hetero) is 1. The quantitative estimate of drug-likeness (QED) is 0.355. The Hall–Kier alpha value is -0.630. The molecule has 0 radical (unpaired) electrons. The number of aryl methyl sites for hydroxylation is 1. The van der Waals surface area contributed by atoms with Crippen molar-refractivity contribution in [2.24, 2.45) is 5.92 Å². The second-order valence-corrected chi connectivity index (χ2v) is 6.50. The zero-order valence-electron chi connectivity index (χ0n) is 12.3. The van der Waals surface area contributed by atoms with Crippen LogP contribution in [0.4, 0.5) is 0 Å². The molecular weight excluding hydrogens is 300 g/mol. The molecule has 0 aliphatic rings. The molecule has 19 heavy (non-hydrogen) atoms. The van der Waals surface area contributed by atoms with Crippen molar-refractivity contribution in [2.45, 2.75) is 57.7 Å². The van der Waals surface area contributed by atoms with Gasteiger partial charge in [-0.25, -0.2) is 0 Å². The fraction of sp³-hybridized carbons (Fsp3) is 0.588. The van der Waals surface area contributed by atoms with Gasteiger partial charge in [-0.05, 0) is 24.3 Å². The minimum absolute atomic E-state index is 0.0806. The van der Waals surface area contributed by atoms with E-state index in [4.69, 9.17) is 0 Å². The molecule has 0 N–H and O–H groups in total. The van der Waals surface area contributed by atoms with Gasteiger partial charge in [0.2, 0.25) is 0 Å². The lowest BCUT2D eigenvalue weighted by Crippen LogP contribution is -2.19. The number of unbranched alkanes of at least 4 members (excludes halogenated alkanes) is 3. The highest BCUT2D eigenvalue weighted by molar-refractivity contribution is 9.10.